The number of hydrogen-bond acceptors (Lipinski definition) is 4. The lowest BCUT2D eigenvalue weighted by Gasteiger charge is -2.36. The van der Waals surface area contributed by atoms with Crippen LogP contribution in [0.15, 0.2) is 0 Å². The van der Waals surface area contributed by atoms with Gasteiger partial charge in [-0.3, -0.25) is 4.79 Å². The van der Waals surface area contributed by atoms with Crippen LogP contribution in [0.1, 0.15) is 32.6 Å². The van der Waals surface area contributed by atoms with Crippen molar-refractivity contribution in [1.82, 2.24) is 4.72 Å². The van der Waals surface area contributed by atoms with Crippen molar-refractivity contribution in [2.75, 3.05) is 19.5 Å². The molecular weight excluding hydrogens is 258 g/mol. The molecule has 0 unspecified atom stereocenters. The van der Waals surface area contributed by atoms with E-state index in [0.717, 1.165) is 12.8 Å². The van der Waals surface area contributed by atoms with Gasteiger partial charge in [0.2, 0.25) is 10.0 Å². The smallest absolute Gasteiger partial charge is 0.324 e. The van der Waals surface area contributed by atoms with Crippen molar-refractivity contribution < 1.29 is 23.1 Å². The molecule has 0 saturated heterocycles. The first-order valence-electron chi connectivity index (χ1n) is 6.05. The van der Waals surface area contributed by atoms with E-state index in [-0.39, 0.29) is 12.4 Å². The van der Waals surface area contributed by atoms with E-state index in [2.05, 4.69) is 4.72 Å². The molecule has 1 aliphatic rings. The number of sulfonamides is 1. The summed E-state index contributed by atoms with van der Waals surface area (Å²) >= 11 is 0. The summed E-state index contributed by atoms with van der Waals surface area (Å²) in [5.74, 6) is -0.856. The Labute approximate surface area is 108 Å². The normalized spacial score (nSPS) is 29.1. The van der Waals surface area contributed by atoms with E-state index in [1.165, 1.54) is 7.11 Å². The number of methoxy groups -OCH3 is 1. The minimum absolute atomic E-state index is 0.0570. The van der Waals surface area contributed by atoms with E-state index >= 15 is 0 Å². The van der Waals surface area contributed by atoms with Gasteiger partial charge in [0, 0.05) is 7.11 Å². The third kappa shape index (κ3) is 3.93. The Bertz CT molecular complexity index is 384. The van der Waals surface area contributed by atoms with Crippen LogP contribution in [0.25, 0.3) is 0 Å². The number of nitrogens with one attached hydrogen (secondary N) is 1. The van der Waals surface area contributed by atoms with Crippen LogP contribution in [0.5, 0.6) is 0 Å². The number of ether oxygens (including phenoxy) is 1. The first-order chi connectivity index (χ1) is 8.31. The van der Waals surface area contributed by atoms with Gasteiger partial charge in [0.15, 0.2) is 0 Å². The van der Waals surface area contributed by atoms with E-state index in [1.54, 1.807) is 0 Å². The Morgan fingerprint density at radius 1 is 1.44 bits per heavy atom. The van der Waals surface area contributed by atoms with Gasteiger partial charge in [0.05, 0.1) is 12.4 Å². The van der Waals surface area contributed by atoms with Crippen molar-refractivity contribution in [3.05, 3.63) is 0 Å². The quantitative estimate of drug-likeness (QED) is 0.742. The van der Waals surface area contributed by atoms with E-state index in [9.17, 15) is 18.3 Å². The number of aliphatic carboxylic acids is 1. The third-order valence-electron chi connectivity index (χ3n) is 3.44. The van der Waals surface area contributed by atoms with Crippen LogP contribution in [-0.4, -0.2) is 44.5 Å². The molecule has 0 aliphatic heterocycles. The monoisotopic (exact) mass is 279 g/mol. The van der Waals surface area contributed by atoms with Gasteiger partial charge >= 0.3 is 5.97 Å². The molecule has 1 rings (SSSR count). The third-order valence-corrected chi connectivity index (χ3v) is 4.85. The molecule has 0 amide bonds. The first kappa shape index (κ1) is 15.4. The number of carboxylic acid groups (broad SMARTS) is 1. The molecule has 0 atom stereocenters. The molecule has 0 heterocycles. The maximum absolute atomic E-state index is 11.8. The van der Waals surface area contributed by atoms with Crippen molar-refractivity contribution in [3.63, 3.8) is 0 Å². The lowest BCUT2D eigenvalue weighted by molar-refractivity contribution is -0.145. The molecule has 0 aromatic rings. The summed E-state index contributed by atoms with van der Waals surface area (Å²) in [5, 5.41) is 9.31. The standard InChI is InChI=1S/C11H21NO5S/c1-9-3-5-11(6-4-9,10(13)14)12-18(15,16)8-7-17-2/h9,12H,3-8H2,1-2H3,(H,13,14). The van der Waals surface area contributed by atoms with Crippen molar-refractivity contribution in [2.45, 2.75) is 38.1 Å². The minimum Gasteiger partial charge on any atom is -0.480 e. The van der Waals surface area contributed by atoms with E-state index < -0.39 is 21.5 Å². The second kappa shape index (κ2) is 5.99. The van der Waals surface area contributed by atoms with Gasteiger partial charge in [-0.15, -0.1) is 0 Å². The fourth-order valence-corrected chi connectivity index (χ4v) is 3.53. The Kier molecular flexibility index (Phi) is 5.12. The zero-order valence-corrected chi connectivity index (χ0v) is 11.6. The summed E-state index contributed by atoms with van der Waals surface area (Å²) in [6.45, 7) is 2.10. The van der Waals surface area contributed by atoms with Gasteiger partial charge < -0.3 is 9.84 Å². The van der Waals surface area contributed by atoms with Crippen molar-refractivity contribution in [2.24, 2.45) is 5.92 Å². The van der Waals surface area contributed by atoms with Crippen LogP contribution in [0, 0.1) is 5.92 Å². The lowest BCUT2D eigenvalue weighted by atomic mass is 9.78. The van der Waals surface area contributed by atoms with Gasteiger partial charge in [0.1, 0.15) is 5.54 Å². The molecular formula is C11H21NO5S. The van der Waals surface area contributed by atoms with E-state index in [0.29, 0.717) is 18.8 Å². The zero-order valence-electron chi connectivity index (χ0n) is 10.8. The molecule has 18 heavy (non-hydrogen) atoms. The summed E-state index contributed by atoms with van der Waals surface area (Å²) in [6, 6.07) is 0. The Hall–Kier alpha value is -0.660. The average Bonchev–Trinajstić information content (AvgIpc) is 2.29. The highest BCUT2D eigenvalue weighted by atomic mass is 32.2. The second-order valence-corrected chi connectivity index (χ2v) is 6.83. The highest BCUT2D eigenvalue weighted by molar-refractivity contribution is 7.89. The fourth-order valence-electron chi connectivity index (χ4n) is 2.16. The Balaban J connectivity index is 2.78. The van der Waals surface area contributed by atoms with Crippen LogP contribution < -0.4 is 4.72 Å². The lowest BCUT2D eigenvalue weighted by Crippen LogP contribution is -2.56. The summed E-state index contributed by atoms with van der Waals surface area (Å²) in [6.07, 6.45) is 2.13. The number of rotatable bonds is 6. The molecule has 0 aromatic carbocycles. The highest BCUT2D eigenvalue weighted by Crippen LogP contribution is 2.32. The predicted octanol–water partition coefficient (Wildman–Crippen LogP) is 0.586. The number of carbonyl (C=O) groups is 1. The van der Waals surface area contributed by atoms with E-state index in [1.807, 2.05) is 6.92 Å². The van der Waals surface area contributed by atoms with Crippen molar-refractivity contribution >= 4 is 16.0 Å². The molecule has 0 spiro atoms. The zero-order chi connectivity index (χ0) is 13.8. The summed E-state index contributed by atoms with van der Waals surface area (Å²) < 4.78 is 30.7. The SMILES string of the molecule is COCCS(=O)(=O)NC1(C(=O)O)CCC(C)CC1. The predicted molar refractivity (Wildman–Crippen MR) is 66.8 cm³/mol. The highest BCUT2D eigenvalue weighted by Gasteiger charge is 2.44. The largest absolute Gasteiger partial charge is 0.480 e. The molecule has 7 heteroatoms. The van der Waals surface area contributed by atoms with E-state index in [4.69, 9.17) is 4.74 Å². The molecule has 0 radical (unpaired) electrons. The van der Waals surface area contributed by atoms with Crippen molar-refractivity contribution in [3.8, 4) is 0 Å². The topological polar surface area (TPSA) is 92.7 Å². The fraction of sp³-hybridized carbons (Fsp3) is 0.909. The molecule has 2 N–H and O–H groups in total. The van der Waals surface area contributed by atoms with Gasteiger partial charge in [-0.1, -0.05) is 6.92 Å². The maximum Gasteiger partial charge on any atom is 0.324 e. The molecule has 106 valence electrons. The molecule has 0 bridgehead atoms. The summed E-state index contributed by atoms with van der Waals surface area (Å²) in [7, 11) is -2.21. The number of carboxylic acids is 1. The molecule has 6 nitrogen and oxygen atoms in total. The molecule has 1 aliphatic carbocycles. The molecule has 0 aromatic heterocycles. The van der Waals surface area contributed by atoms with Crippen LogP contribution in [0.3, 0.4) is 0 Å². The average molecular weight is 279 g/mol. The van der Waals surface area contributed by atoms with Gasteiger partial charge in [-0.2, -0.15) is 4.72 Å². The van der Waals surface area contributed by atoms with Crippen molar-refractivity contribution in [1.29, 1.82) is 0 Å². The van der Waals surface area contributed by atoms with Crippen LogP contribution >= 0.6 is 0 Å². The second-order valence-electron chi connectivity index (χ2n) is 4.98. The minimum atomic E-state index is -3.62. The maximum atomic E-state index is 11.8. The summed E-state index contributed by atoms with van der Waals surface area (Å²) in [5.41, 5.74) is -1.33. The van der Waals surface area contributed by atoms with Gasteiger partial charge in [-0.05, 0) is 31.6 Å². The van der Waals surface area contributed by atoms with Gasteiger partial charge in [0.25, 0.3) is 0 Å². The van der Waals surface area contributed by atoms with Crippen LogP contribution in [0.2, 0.25) is 0 Å². The molecule has 1 saturated carbocycles. The van der Waals surface area contributed by atoms with Crippen LogP contribution in [0.4, 0.5) is 0 Å². The number of hydrogen-bond donors (Lipinski definition) is 2. The Morgan fingerprint density at radius 3 is 2.44 bits per heavy atom. The Morgan fingerprint density at radius 2 is 2.00 bits per heavy atom. The summed E-state index contributed by atoms with van der Waals surface area (Å²) in [4.78, 5) is 11.4. The van der Waals surface area contributed by atoms with Gasteiger partial charge in [-0.25, -0.2) is 8.42 Å². The first-order valence-corrected chi connectivity index (χ1v) is 7.70. The molecule has 1 fully saturated rings. The van der Waals surface area contributed by atoms with Crippen LogP contribution in [-0.2, 0) is 19.6 Å².